The number of piperidine rings is 1. The fraction of sp³-hybridized carbons (Fsp3) is 0.833. The third-order valence-electron chi connectivity index (χ3n) is 3.74. The number of nitrogens with one attached hydrogen (secondary N) is 1. The van der Waals surface area contributed by atoms with E-state index in [-0.39, 0.29) is 10.7 Å². The second kappa shape index (κ2) is 4.98. The van der Waals surface area contributed by atoms with Gasteiger partial charge in [0, 0.05) is 7.05 Å². The van der Waals surface area contributed by atoms with Crippen LogP contribution in [0.5, 0.6) is 0 Å². The minimum absolute atomic E-state index is 0.127. The van der Waals surface area contributed by atoms with Gasteiger partial charge in [-0.15, -0.1) is 0 Å². The molecular formula is C12H21N3OS. The van der Waals surface area contributed by atoms with Gasteiger partial charge in [-0.2, -0.15) is 0 Å². The summed E-state index contributed by atoms with van der Waals surface area (Å²) in [5, 5.41) is 3.63. The van der Waals surface area contributed by atoms with E-state index in [2.05, 4.69) is 22.3 Å². The van der Waals surface area contributed by atoms with E-state index >= 15 is 0 Å². The summed E-state index contributed by atoms with van der Waals surface area (Å²) in [6.45, 7) is 4.35. The van der Waals surface area contributed by atoms with Gasteiger partial charge in [0.25, 0.3) is 0 Å². The Morgan fingerprint density at radius 3 is 2.71 bits per heavy atom. The summed E-state index contributed by atoms with van der Waals surface area (Å²) in [6.07, 6.45) is 3.38. The average Bonchev–Trinajstić information content (AvgIpc) is 2.58. The highest BCUT2D eigenvalue weighted by molar-refractivity contribution is 8.16. The molecule has 2 rings (SSSR count). The van der Waals surface area contributed by atoms with Crippen LogP contribution in [-0.2, 0) is 4.79 Å². The van der Waals surface area contributed by atoms with Crippen molar-refractivity contribution in [3.05, 3.63) is 0 Å². The number of carbonyl (C=O) groups is 1. The molecule has 2 heterocycles. The fourth-order valence-electron chi connectivity index (χ4n) is 2.57. The Morgan fingerprint density at radius 2 is 2.18 bits per heavy atom. The lowest BCUT2D eigenvalue weighted by Crippen LogP contribution is -2.38. The molecule has 0 saturated carbocycles. The quantitative estimate of drug-likeness (QED) is 0.809. The summed E-state index contributed by atoms with van der Waals surface area (Å²) in [5.74, 6) is 0.799. The van der Waals surface area contributed by atoms with Crippen molar-refractivity contribution in [3.8, 4) is 0 Å². The largest absolute Gasteiger partial charge is 0.306 e. The van der Waals surface area contributed by atoms with Crippen molar-refractivity contribution in [2.45, 2.75) is 30.9 Å². The molecule has 0 aliphatic carbocycles. The maximum atomic E-state index is 12.0. The van der Waals surface area contributed by atoms with Crippen molar-refractivity contribution < 1.29 is 4.79 Å². The summed E-state index contributed by atoms with van der Waals surface area (Å²) in [6, 6.07) is 0. The SMILES string of the molecule is CN=C1NC(=O)C(C)(CC2CCN(C)CC2)S1. The molecule has 1 atom stereocenters. The van der Waals surface area contributed by atoms with Crippen LogP contribution in [0.25, 0.3) is 0 Å². The number of nitrogens with zero attached hydrogens (tertiary/aromatic N) is 2. The van der Waals surface area contributed by atoms with E-state index in [1.165, 1.54) is 12.8 Å². The number of thioether (sulfide) groups is 1. The molecule has 0 aromatic rings. The van der Waals surface area contributed by atoms with Gasteiger partial charge in [-0.3, -0.25) is 9.79 Å². The van der Waals surface area contributed by atoms with Gasteiger partial charge in [-0.25, -0.2) is 0 Å². The van der Waals surface area contributed by atoms with Crippen molar-refractivity contribution in [1.29, 1.82) is 0 Å². The van der Waals surface area contributed by atoms with Gasteiger partial charge in [-0.05, 0) is 52.2 Å². The highest BCUT2D eigenvalue weighted by Gasteiger charge is 2.43. The van der Waals surface area contributed by atoms with Crippen molar-refractivity contribution in [1.82, 2.24) is 10.2 Å². The van der Waals surface area contributed by atoms with Gasteiger partial charge in [0.2, 0.25) is 5.91 Å². The predicted octanol–water partition coefficient (Wildman–Crippen LogP) is 1.33. The molecule has 1 amide bonds. The molecule has 0 aromatic heterocycles. The summed E-state index contributed by atoms with van der Waals surface area (Å²) in [5.41, 5.74) is 0. The zero-order valence-corrected chi connectivity index (χ0v) is 11.6. The summed E-state index contributed by atoms with van der Waals surface area (Å²) in [4.78, 5) is 18.4. The summed E-state index contributed by atoms with van der Waals surface area (Å²) >= 11 is 1.59. The maximum absolute atomic E-state index is 12.0. The number of amidine groups is 1. The van der Waals surface area contributed by atoms with Crippen molar-refractivity contribution in [3.63, 3.8) is 0 Å². The zero-order valence-electron chi connectivity index (χ0n) is 10.8. The first kappa shape index (κ1) is 12.9. The molecule has 2 aliphatic heterocycles. The monoisotopic (exact) mass is 255 g/mol. The average molecular weight is 255 g/mol. The van der Waals surface area contributed by atoms with Gasteiger partial charge in [0.15, 0.2) is 5.17 Å². The van der Waals surface area contributed by atoms with E-state index in [0.717, 1.165) is 24.7 Å². The minimum Gasteiger partial charge on any atom is -0.306 e. The van der Waals surface area contributed by atoms with Crippen LogP contribution in [0.4, 0.5) is 0 Å². The second-order valence-corrected chi connectivity index (χ2v) is 6.76. The highest BCUT2D eigenvalue weighted by Crippen LogP contribution is 2.39. The van der Waals surface area contributed by atoms with E-state index in [4.69, 9.17) is 0 Å². The Balaban J connectivity index is 1.96. The number of amides is 1. The van der Waals surface area contributed by atoms with E-state index in [1.54, 1.807) is 18.8 Å². The van der Waals surface area contributed by atoms with Gasteiger partial charge >= 0.3 is 0 Å². The highest BCUT2D eigenvalue weighted by atomic mass is 32.2. The summed E-state index contributed by atoms with van der Waals surface area (Å²) in [7, 11) is 3.89. The van der Waals surface area contributed by atoms with Crippen molar-refractivity contribution in [2.75, 3.05) is 27.2 Å². The molecule has 4 nitrogen and oxygen atoms in total. The van der Waals surface area contributed by atoms with Gasteiger partial charge in [0.1, 0.15) is 0 Å². The molecule has 0 aromatic carbocycles. The third-order valence-corrected chi connectivity index (χ3v) is 5.02. The predicted molar refractivity (Wildman–Crippen MR) is 72.3 cm³/mol. The van der Waals surface area contributed by atoms with Crippen LogP contribution in [0.1, 0.15) is 26.2 Å². The molecule has 17 heavy (non-hydrogen) atoms. The first-order chi connectivity index (χ1) is 8.03. The lowest BCUT2D eigenvalue weighted by atomic mass is 9.87. The lowest BCUT2D eigenvalue weighted by molar-refractivity contribution is -0.121. The number of aliphatic imine (C=N–C) groups is 1. The molecule has 96 valence electrons. The normalized spacial score (nSPS) is 34.3. The fourth-order valence-corrected chi connectivity index (χ4v) is 3.69. The molecule has 1 unspecified atom stereocenters. The molecule has 0 spiro atoms. The Hall–Kier alpha value is -0.550. The molecular weight excluding hydrogens is 234 g/mol. The summed E-state index contributed by atoms with van der Waals surface area (Å²) < 4.78 is -0.310. The molecule has 2 saturated heterocycles. The van der Waals surface area contributed by atoms with Crippen molar-refractivity contribution >= 4 is 22.8 Å². The Labute approximate surface area is 107 Å². The lowest BCUT2D eigenvalue weighted by Gasteiger charge is -2.32. The van der Waals surface area contributed by atoms with Crippen molar-refractivity contribution in [2.24, 2.45) is 10.9 Å². The number of carbonyl (C=O) groups excluding carboxylic acids is 1. The van der Waals surface area contributed by atoms with Crippen LogP contribution in [0.3, 0.4) is 0 Å². The maximum Gasteiger partial charge on any atom is 0.242 e. The molecule has 0 radical (unpaired) electrons. The number of hydrogen-bond acceptors (Lipinski definition) is 4. The smallest absolute Gasteiger partial charge is 0.242 e. The number of rotatable bonds is 2. The standard InChI is InChI=1S/C12H21N3OS/c1-12(10(16)14-11(13-2)17-12)8-9-4-6-15(3)7-5-9/h9H,4-8H2,1-3H3,(H,13,14,16). The van der Waals surface area contributed by atoms with Crippen LogP contribution in [0.15, 0.2) is 4.99 Å². The first-order valence-corrected chi connectivity index (χ1v) is 7.01. The van der Waals surface area contributed by atoms with Crippen LogP contribution < -0.4 is 5.32 Å². The first-order valence-electron chi connectivity index (χ1n) is 6.19. The van der Waals surface area contributed by atoms with Crippen LogP contribution in [0.2, 0.25) is 0 Å². The second-order valence-electron chi connectivity index (χ2n) is 5.27. The Bertz CT molecular complexity index is 337. The van der Waals surface area contributed by atoms with E-state index in [0.29, 0.717) is 5.92 Å². The third kappa shape index (κ3) is 2.83. The van der Waals surface area contributed by atoms with Crippen LogP contribution >= 0.6 is 11.8 Å². The number of hydrogen-bond donors (Lipinski definition) is 1. The van der Waals surface area contributed by atoms with E-state index in [9.17, 15) is 4.79 Å². The topological polar surface area (TPSA) is 44.7 Å². The van der Waals surface area contributed by atoms with Gasteiger partial charge in [-0.1, -0.05) is 11.8 Å². The van der Waals surface area contributed by atoms with Gasteiger partial charge in [0.05, 0.1) is 4.75 Å². The van der Waals surface area contributed by atoms with E-state index < -0.39 is 0 Å². The minimum atomic E-state index is -0.310. The zero-order chi connectivity index (χ0) is 12.5. The molecule has 5 heteroatoms. The van der Waals surface area contributed by atoms with E-state index in [1.807, 2.05) is 6.92 Å². The Kier molecular flexibility index (Phi) is 3.78. The van der Waals surface area contributed by atoms with Crippen LogP contribution in [0, 0.1) is 5.92 Å². The molecule has 1 N–H and O–H groups in total. The molecule has 2 aliphatic rings. The molecule has 2 fully saturated rings. The van der Waals surface area contributed by atoms with Gasteiger partial charge < -0.3 is 10.2 Å². The molecule has 0 bridgehead atoms. The Morgan fingerprint density at radius 1 is 1.53 bits per heavy atom. The van der Waals surface area contributed by atoms with Crippen LogP contribution in [-0.4, -0.2) is 47.9 Å². The number of likely N-dealkylation sites (tertiary alicyclic amines) is 1.